The highest BCUT2D eigenvalue weighted by molar-refractivity contribution is 5.79. The molecule has 2 saturated carbocycles. The van der Waals surface area contributed by atoms with Crippen molar-refractivity contribution in [1.82, 2.24) is 10.6 Å². The van der Waals surface area contributed by atoms with Gasteiger partial charge in [-0.25, -0.2) is 0 Å². The Hall–Kier alpha value is -1.06. The molecule has 4 heteroatoms. The average molecular weight is 309 g/mol. The SMILES string of the molecule is [2H]CC(NC(=O)CC1CCCCC1)NC(=O)CC1CCCCC1. The third kappa shape index (κ3) is 6.37. The Morgan fingerprint density at radius 2 is 1.27 bits per heavy atom. The van der Waals surface area contributed by atoms with Crippen LogP contribution in [0, 0.1) is 11.8 Å². The normalized spacial score (nSPS) is 21.4. The highest BCUT2D eigenvalue weighted by Gasteiger charge is 2.20. The van der Waals surface area contributed by atoms with Gasteiger partial charge in [0.1, 0.15) is 0 Å². The summed E-state index contributed by atoms with van der Waals surface area (Å²) >= 11 is 0. The number of hydrogen-bond donors (Lipinski definition) is 2. The summed E-state index contributed by atoms with van der Waals surface area (Å²) < 4.78 is 7.56. The molecule has 0 saturated heterocycles. The molecule has 2 N–H and O–H groups in total. The Labute approximate surface area is 136 Å². The first-order valence-electron chi connectivity index (χ1n) is 9.76. The molecule has 0 heterocycles. The largest absolute Gasteiger partial charge is 0.336 e. The fourth-order valence-electron chi connectivity index (χ4n) is 3.85. The molecule has 22 heavy (non-hydrogen) atoms. The summed E-state index contributed by atoms with van der Waals surface area (Å²) in [5.41, 5.74) is 0. The van der Waals surface area contributed by atoms with Gasteiger partial charge in [-0.3, -0.25) is 9.59 Å². The predicted molar refractivity (Wildman–Crippen MR) is 88.1 cm³/mol. The van der Waals surface area contributed by atoms with Crippen LogP contribution < -0.4 is 10.6 Å². The van der Waals surface area contributed by atoms with Gasteiger partial charge in [0.05, 0.1) is 6.17 Å². The molecule has 0 aromatic rings. The van der Waals surface area contributed by atoms with E-state index in [9.17, 15) is 9.59 Å². The van der Waals surface area contributed by atoms with Crippen LogP contribution in [-0.2, 0) is 9.59 Å². The van der Waals surface area contributed by atoms with E-state index >= 15 is 0 Å². The highest BCUT2D eigenvalue weighted by atomic mass is 16.2. The standard InChI is InChI=1S/C18H32N2O2/c1-14(19-17(21)12-15-8-4-2-5-9-15)20-18(22)13-16-10-6-3-7-11-16/h14-16H,2-13H2,1H3,(H,19,21)(H,20,22)/i1D. The molecule has 2 aliphatic carbocycles. The minimum atomic E-state index is -0.540. The van der Waals surface area contributed by atoms with Gasteiger partial charge in [0.25, 0.3) is 0 Å². The monoisotopic (exact) mass is 309 g/mol. The van der Waals surface area contributed by atoms with Crippen LogP contribution in [0.4, 0.5) is 0 Å². The Bertz CT molecular complexity index is 343. The number of rotatable bonds is 6. The van der Waals surface area contributed by atoms with Crippen LogP contribution in [0.2, 0.25) is 0 Å². The summed E-state index contributed by atoms with van der Waals surface area (Å²) in [5, 5.41) is 5.65. The van der Waals surface area contributed by atoms with Crippen LogP contribution >= 0.6 is 0 Å². The molecule has 0 bridgehead atoms. The molecule has 0 spiro atoms. The second-order valence-electron chi connectivity index (χ2n) is 7.10. The molecular weight excluding hydrogens is 276 g/mol. The maximum absolute atomic E-state index is 12.1. The van der Waals surface area contributed by atoms with Gasteiger partial charge in [0, 0.05) is 14.2 Å². The van der Waals surface area contributed by atoms with Crippen molar-refractivity contribution in [2.45, 2.75) is 90.1 Å². The van der Waals surface area contributed by atoms with Gasteiger partial charge in [-0.05, 0) is 44.4 Å². The lowest BCUT2D eigenvalue weighted by molar-refractivity contribution is -0.125. The number of nitrogens with one attached hydrogen (secondary N) is 2. The van der Waals surface area contributed by atoms with E-state index in [2.05, 4.69) is 10.6 Å². The van der Waals surface area contributed by atoms with Crippen LogP contribution in [0.1, 0.15) is 85.3 Å². The average Bonchev–Trinajstić information content (AvgIpc) is 2.56. The molecule has 4 nitrogen and oxygen atoms in total. The van der Waals surface area contributed by atoms with E-state index < -0.39 is 6.17 Å². The summed E-state index contributed by atoms with van der Waals surface area (Å²) in [5.74, 6) is 0.917. The lowest BCUT2D eigenvalue weighted by Crippen LogP contribution is -2.46. The van der Waals surface area contributed by atoms with Crippen LogP contribution in [-0.4, -0.2) is 18.0 Å². The van der Waals surface area contributed by atoms with Gasteiger partial charge in [-0.15, -0.1) is 0 Å². The predicted octanol–water partition coefficient (Wildman–Crippen LogP) is 3.51. The molecule has 0 aromatic carbocycles. The van der Waals surface area contributed by atoms with Crippen molar-refractivity contribution in [2.24, 2.45) is 11.8 Å². The van der Waals surface area contributed by atoms with Crippen LogP contribution in [0.3, 0.4) is 0 Å². The van der Waals surface area contributed by atoms with Gasteiger partial charge in [-0.1, -0.05) is 38.5 Å². The van der Waals surface area contributed by atoms with E-state index in [0.717, 1.165) is 25.7 Å². The van der Waals surface area contributed by atoms with Crippen LogP contribution in [0.25, 0.3) is 0 Å². The minimum absolute atomic E-state index is 0.00713. The van der Waals surface area contributed by atoms with E-state index in [-0.39, 0.29) is 18.7 Å². The minimum Gasteiger partial charge on any atom is -0.336 e. The van der Waals surface area contributed by atoms with Crippen molar-refractivity contribution < 1.29 is 11.0 Å². The first-order valence-corrected chi connectivity index (χ1v) is 9.05. The Morgan fingerprint density at radius 3 is 1.64 bits per heavy atom. The molecule has 0 unspecified atom stereocenters. The molecule has 126 valence electrons. The summed E-state index contributed by atoms with van der Waals surface area (Å²) in [6.45, 7) is -0.00713. The van der Waals surface area contributed by atoms with Crippen LogP contribution in [0.5, 0.6) is 0 Å². The van der Waals surface area contributed by atoms with Crippen molar-refractivity contribution in [2.75, 3.05) is 0 Å². The van der Waals surface area contributed by atoms with Crippen LogP contribution in [0.15, 0.2) is 0 Å². The lowest BCUT2D eigenvalue weighted by atomic mass is 9.86. The van der Waals surface area contributed by atoms with E-state index in [4.69, 9.17) is 1.37 Å². The molecule has 2 amide bonds. The van der Waals surface area contributed by atoms with Crippen molar-refractivity contribution in [1.29, 1.82) is 0 Å². The first-order chi connectivity index (χ1) is 11.2. The van der Waals surface area contributed by atoms with E-state index in [1.54, 1.807) is 0 Å². The fraction of sp³-hybridized carbons (Fsp3) is 0.889. The van der Waals surface area contributed by atoms with Gasteiger partial charge < -0.3 is 10.6 Å². The van der Waals surface area contributed by atoms with Crippen molar-refractivity contribution in [3.05, 3.63) is 0 Å². The summed E-state index contributed by atoms with van der Waals surface area (Å²) in [6.07, 6.45) is 12.5. The smallest absolute Gasteiger partial charge is 0.221 e. The summed E-state index contributed by atoms with van der Waals surface area (Å²) in [7, 11) is 0. The Balaban J connectivity index is 1.68. The molecule has 0 atom stereocenters. The zero-order chi connectivity index (χ0) is 16.5. The van der Waals surface area contributed by atoms with Crippen molar-refractivity contribution in [3.63, 3.8) is 0 Å². The Morgan fingerprint density at radius 1 is 0.864 bits per heavy atom. The Kier molecular flexibility index (Phi) is 6.59. The third-order valence-corrected chi connectivity index (χ3v) is 5.07. The molecule has 2 fully saturated rings. The number of hydrogen-bond acceptors (Lipinski definition) is 2. The van der Waals surface area contributed by atoms with Gasteiger partial charge in [-0.2, -0.15) is 0 Å². The zero-order valence-electron chi connectivity index (χ0n) is 14.7. The quantitative estimate of drug-likeness (QED) is 0.738. The topological polar surface area (TPSA) is 58.2 Å². The third-order valence-electron chi connectivity index (χ3n) is 5.07. The summed E-state index contributed by atoms with van der Waals surface area (Å²) in [6, 6.07) is 0. The fourth-order valence-corrected chi connectivity index (χ4v) is 3.85. The first kappa shape index (κ1) is 15.8. The molecule has 2 rings (SSSR count). The molecular formula is C18H32N2O2. The highest BCUT2D eigenvalue weighted by Crippen LogP contribution is 2.27. The second-order valence-corrected chi connectivity index (χ2v) is 7.10. The second kappa shape index (κ2) is 9.16. The lowest BCUT2D eigenvalue weighted by Gasteiger charge is -2.24. The van der Waals surface area contributed by atoms with E-state index in [0.29, 0.717) is 24.7 Å². The molecule has 0 aromatic heterocycles. The van der Waals surface area contributed by atoms with Crippen molar-refractivity contribution in [3.8, 4) is 0 Å². The number of carbonyl (C=O) groups is 2. The van der Waals surface area contributed by atoms with Crippen molar-refractivity contribution >= 4 is 11.8 Å². The van der Waals surface area contributed by atoms with Gasteiger partial charge in [0.2, 0.25) is 11.8 Å². The zero-order valence-corrected chi connectivity index (χ0v) is 13.7. The van der Waals surface area contributed by atoms with E-state index in [1.807, 2.05) is 0 Å². The van der Waals surface area contributed by atoms with Gasteiger partial charge >= 0.3 is 0 Å². The van der Waals surface area contributed by atoms with Gasteiger partial charge in [0.15, 0.2) is 0 Å². The summed E-state index contributed by atoms with van der Waals surface area (Å²) in [4.78, 5) is 24.2. The van der Waals surface area contributed by atoms with E-state index in [1.165, 1.54) is 38.5 Å². The molecule has 2 aliphatic rings. The number of amides is 2. The molecule has 0 radical (unpaired) electrons. The number of carbonyl (C=O) groups excluding carboxylic acids is 2. The maximum atomic E-state index is 12.1. The maximum Gasteiger partial charge on any atom is 0.221 e. The molecule has 0 aliphatic heterocycles.